The van der Waals surface area contributed by atoms with E-state index in [1.54, 1.807) is 6.07 Å². The molecule has 4 heteroatoms. The van der Waals surface area contributed by atoms with Crippen LogP contribution in [0.4, 0.5) is 0 Å². The molecule has 0 saturated heterocycles. The first-order valence-electron chi connectivity index (χ1n) is 12.4. The number of aromatic nitrogens is 1. The molecule has 172 valence electrons. The predicted molar refractivity (Wildman–Crippen MR) is 130 cm³/mol. The largest absolute Gasteiger partial charge is 0.450 e. The lowest BCUT2D eigenvalue weighted by molar-refractivity contribution is 0.211. The standard InChI is InChI=1S/C27H41NO3/c1-3-4-5-6-7-8-9-10-11-12-13-14-15-16-17-18-21-30-27-28-25-20-19-23(2)22-24(25)26(29)31-27/h10-11,19-20,22H,3-9,12-18,21H2,1-2H3. The van der Waals surface area contributed by atoms with Gasteiger partial charge in [0.15, 0.2) is 0 Å². The lowest BCUT2D eigenvalue weighted by Crippen LogP contribution is -2.06. The Balaban J connectivity index is 1.44. The van der Waals surface area contributed by atoms with Gasteiger partial charge in [-0.15, -0.1) is 0 Å². The number of aryl methyl sites for hydroxylation is 1. The van der Waals surface area contributed by atoms with E-state index in [0.717, 1.165) is 18.4 Å². The quantitative estimate of drug-likeness (QED) is 0.190. The van der Waals surface area contributed by atoms with E-state index in [9.17, 15) is 4.79 Å². The van der Waals surface area contributed by atoms with Crippen LogP contribution in [0.25, 0.3) is 10.9 Å². The average molecular weight is 428 g/mol. The Morgan fingerprint density at radius 3 is 2.16 bits per heavy atom. The van der Waals surface area contributed by atoms with Gasteiger partial charge in [0.05, 0.1) is 17.5 Å². The SMILES string of the molecule is CCCCCCCCC=CCCCCCCCCOc1nc2ccc(C)cc2c(=O)o1. The van der Waals surface area contributed by atoms with Crippen LogP contribution in [0, 0.1) is 6.92 Å². The summed E-state index contributed by atoms with van der Waals surface area (Å²) >= 11 is 0. The summed E-state index contributed by atoms with van der Waals surface area (Å²) < 4.78 is 10.7. The maximum atomic E-state index is 12.0. The Kier molecular flexibility index (Phi) is 12.7. The van der Waals surface area contributed by atoms with E-state index in [0.29, 0.717) is 17.5 Å². The van der Waals surface area contributed by atoms with Gasteiger partial charge in [0, 0.05) is 0 Å². The van der Waals surface area contributed by atoms with E-state index in [-0.39, 0.29) is 11.7 Å². The van der Waals surface area contributed by atoms with E-state index < -0.39 is 0 Å². The Labute approximate surface area is 188 Å². The fourth-order valence-corrected chi connectivity index (χ4v) is 3.74. The molecule has 0 spiro atoms. The lowest BCUT2D eigenvalue weighted by atomic mass is 10.1. The zero-order valence-corrected chi connectivity index (χ0v) is 19.7. The maximum absolute atomic E-state index is 12.0. The summed E-state index contributed by atoms with van der Waals surface area (Å²) in [6.45, 7) is 4.75. The van der Waals surface area contributed by atoms with Crippen molar-refractivity contribution in [1.82, 2.24) is 4.98 Å². The van der Waals surface area contributed by atoms with Crippen molar-refractivity contribution < 1.29 is 9.15 Å². The van der Waals surface area contributed by atoms with Crippen LogP contribution in [-0.4, -0.2) is 11.6 Å². The minimum atomic E-state index is -0.385. The number of benzene rings is 1. The number of allylic oxidation sites excluding steroid dienone is 2. The first-order valence-corrected chi connectivity index (χ1v) is 12.4. The molecule has 0 unspecified atom stereocenters. The fraction of sp³-hybridized carbons (Fsp3) is 0.630. The second kappa shape index (κ2) is 15.7. The fourth-order valence-electron chi connectivity index (χ4n) is 3.74. The zero-order chi connectivity index (χ0) is 22.2. The van der Waals surface area contributed by atoms with Crippen LogP contribution in [0.5, 0.6) is 6.08 Å². The van der Waals surface area contributed by atoms with Gasteiger partial charge in [0.1, 0.15) is 0 Å². The first-order chi connectivity index (χ1) is 15.2. The number of unbranched alkanes of at least 4 members (excludes halogenated alkanes) is 12. The molecule has 2 aromatic rings. The van der Waals surface area contributed by atoms with E-state index >= 15 is 0 Å². The minimum absolute atomic E-state index is 0.0779. The molecule has 0 aliphatic rings. The molecule has 0 N–H and O–H groups in total. The summed E-state index contributed by atoms with van der Waals surface area (Å²) in [4.78, 5) is 16.3. The summed E-state index contributed by atoms with van der Waals surface area (Å²) in [6, 6.07) is 5.56. The number of hydrogen-bond donors (Lipinski definition) is 0. The highest BCUT2D eigenvalue weighted by molar-refractivity contribution is 5.77. The smallest absolute Gasteiger partial charge is 0.397 e. The van der Waals surface area contributed by atoms with Crippen LogP contribution < -0.4 is 10.4 Å². The van der Waals surface area contributed by atoms with Gasteiger partial charge in [-0.1, -0.05) is 88.5 Å². The molecule has 1 heterocycles. The monoisotopic (exact) mass is 427 g/mol. The van der Waals surface area contributed by atoms with Crippen molar-refractivity contribution >= 4 is 10.9 Å². The second-order valence-corrected chi connectivity index (χ2v) is 8.57. The van der Waals surface area contributed by atoms with E-state index in [2.05, 4.69) is 24.1 Å². The summed E-state index contributed by atoms with van der Waals surface area (Å²) in [5, 5.41) is 0.504. The second-order valence-electron chi connectivity index (χ2n) is 8.57. The van der Waals surface area contributed by atoms with Gasteiger partial charge >= 0.3 is 11.7 Å². The topological polar surface area (TPSA) is 52.3 Å². The number of nitrogens with zero attached hydrogens (tertiary/aromatic N) is 1. The molecule has 0 fully saturated rings. The number of hydrogen-bond acceptors (Lipinski definition) is 4. The lowest BCUT2D eigenvalue weighted by Gasteiger charge is -2.05. The summed E-state index contributed by atoms with van der Waals surface area (Å²) in [5.41, 5.74) is 1.25. The van der Waals surface area contributed by atoms with Crippen LogP contribution in [0.15, 0.2) is 39.6 Å². The Hall–Kier alpha value is -2.10. The van der Waals surface area contributed by atoms with Crippen molar-refractivity contribution in [2.24, 2.45) is 0 Å². The maximum Gasteiger partial charge on any atom is 0.397 e. The Morgan fingerprint density at radius 2 is 1.48 bits per heavy atom. The van der Waals surface area contributed by atoms with Crippen molar-refractivity contribution in [1.29, 1.82) is 0 Å². The number of rotatable bonds is 17. The van der Waals surface area contributed by atoms with Gasteiger partial charge in [0.25, 0.3) is 0 Å². The van der Waals surface area contributed by atoms with Crippen molar-refractivity contribution in [3.8, 4) is 6.08 Å². The van der Waals surface area contributed by atoms with E-state index in [1.807, 2.05) is 19.1 Å². The Bertz CT molecular complexity index is 825. The van der Waals surface area contributed by atoms with Crippen LogP contribution in [0.2, 0.25) is 0 Å². The average Bonchev–Trinajstić information content (AvgIpc) is 2.76. The van der Waals surface area contributed by atoms with Gasteiger partial charge in [0.2, 0.25) is 0 Å². The first kappa shape index (κ1) is 25.2. The molecule has 0 saturated carbocycles. The molecule has 0 atom stereocenters. The van der Waals surface area contributed by atoms with Gasteiger partial charge in [-0.25, -0.2) is 4.79 Å². The third-order valence-corrected chi connectivity index (χ3v) is 5.65. The van der Waals surface area contributed by atoms with Crippen LogP contribution in [-0.2, 0) is 0 Å². The van der Waals surface area contributed by atoms with Gasteiger partial charge < -0.3 is 9.15 Å². The van der Waals surface area contributed by atoms with Gasteiger partial charge in [-0.2, -0.15) is 4.98 Å². The Morgan fingerprint density at radius 1 is 0.871 bits per heavy atom. The normalized spacial score (nSPS) is 11.5. The van der Waals surface area contributed by atoms with Crippen molar-refractivity contribution in [2.75, 3.05) is 6.61 Å². The third kappa shape index (κ3) is 10.7. The highest BCUT2D eigenvalue weighted by atomic mass is 16.6. The summed E-state index contributed by atoms with van der Waals surface area (Å²) in [7, 11) is 0. The van der Waals surface area contributed by atoms with Crippen LogP contribution in [0.1, 0.15) is 102 Å². The molecule has 0 aliphatic heterocycles. The molecule has 0 radical (unpaired) electrons. The predicted octanol–water partition coefficient (Wildman–Crippen LogP) is 7.91. The minimum Gasteiger partial charge on any atom is -0.450 e. The van der Waals surface area contributed by atoms with Crippen LogP contribution in [0.3, 0.4) is 0 Å². The molecule has 4 nitrogen and oxygen atoms in total. The summed E-state index contributed by atoms with van der Waals surface area (Å²) in [6.07, 6.45) is 22.7. The molecule has 1 aromatic heterocycles. The van der Waals surface area contributed by atoms with Crippen LogP contribution >= 0.6 is 0 Å². The third-order valence-electron chi connectivity index (χ3n) is 5.65. The van der Waals surface area contributed by atoms with Crippen molar-refractivity contribution in [3.05, 3.63) is 46.3 Å². The number of fused-ring (bicyclic) bond motifs is 1. The molecule has 1 aromatic carbocycles. The zero-order valence-electron chi connectivity index (χ0n) is 19.7. The molecule has 0 aliphatic carbocycles. The molecular formula is C27H41NO3. The molecule has 2 rings (SSSR count). The van der Waals surface area contributed by atoms with E-state index in [4.69, 9.17) is 9.15 Å². The van der Waals surface area contributed by atoms with E-state index in [1.165, 1.54) is 77.0 Å². The number of ether oxygens (including phenoxy) is 1. The molecule has 31 heavy (non-hydrogen) atoms. The van der Waals surface area contributed by atoms with Crippen molar-refractivity contribution in [3.63, 3.8) is 0 Å². The molecular weight excluding hydrogens is 386 g/mol. The highest BCUT2D eigenvalue weighted by Crippen LogP contribution is 2.15. The van der Waals surface area contributed by atoms with Crippen molar-refractivity contribution in [2.45, 2.75) is 104 Å². The summed E-state index contributed by atoms with van der Waals surface area (Å²) in [5.74, 6) is 0. The molecule has 0 amide bonds. The van der Waals surface area contributed by atoms with Gasteiger partial charge in [-0.05, 0) is 51.2 Å². The highest BCUT2D eigenvalue weighted by Gasteiger charge is 2.07. The molecule has 0 bridgehead atoms. The van der Waals surface area contributed by atoms with Gasteiger partial charge in [-0.3, -0.25) is 0 Å².